The van der Waals surface area contributed by atoms with Crippen molar-refractivity contribution < 1.29 is 31.1 Å². The molecule has 2 nitrogen and oxygen atoms in total. The van der Waals surface area contributed by atoms with E-state index < -0.39 is 30.9 Å². The van der Waals surface area contributed by atoms with Gasteiger partial charge in [-0.1, -0.05) is 30.3 Å². The highest BCUT2D eigenvalue weighted by Gasteiger charge is 2.30. The van der Waals surface area contributed by atoms with Gasteiger partial charge in [-0.2, -0.15) is 26.3 Å². The van der Waals surface area contributed by atoms with E-state index in [-0.39, 0.29) is 0 Å². The van der Waals surface area contributed by atoms with Gasteiger partial charge in [0.2, 0.25) is 0 Å². The van der Waals surface area contributed by atoms with Crippen LogP contribution in [0.25, 0.3) is 0 Å². The third-order valence-corrected chi connectivity index (χ3v) is 3.73. The van der Waals surface area contributed by atoms with E-state index in [1.54, 1.807) is 30.3 Å². The van der Waals surface area contributed by atoms with Crippen molar-refractivity contribution in [3.63, 3.8) is 0 Å². The van der Waals surface area contributed by atoms with Crippen LogP contribution in [0.3, 0.4) is 0 Å². The summed E-state index contributed by atoms with van der Waals surface area (Å²) in [5, 5.41) is 3.10. The first kappa shape index (κ1) is 21.1. The Labute approximate surface area is 153 Å². The van der Waals surface area contributed by atoms with Crippen LogP contribution in [0.15, 0.2) is 48.5 Å². The van der Waals surface area contributed by atoms with Crippen LogP contribution in [-0.2, 0) is 19.1 Å². The summed E-state index contributed by atoms with van der Waals surface area (Å²) in [6.45, 7) is 0.436. The van der Waals surface area contributed by atoms with Crippen molar-refractivity contribution in [2.45, 2.75) is 31.7 Å². The van der Waals surface area contributed by atoms with E-state index in [4.69, 9.17) is 4.74 Å². The third-order valence-electron chi connectivity index (χ3n) is 3.73. The van der Waals surface area contributed by atoms with Crippen LogP contribution in [0.5, 0.6) is 5.75 Å². The number of halogens is 6. The molecule has 0 aromatic heterocycles. The molecule has 0 fully saturated rings. The molecule has 0 amide bonds. The number of rotatable bonds is 8. The molecule has 2 aromatic carbocycles. The number of benzene rings is 2. The van der Waals surface area contributed by atoms with Crippen molar-refractivity contribution >= 4 is 0 Å². The molecule has 148 valence electrons. The summed E-state index contributed by atoms with van der Waals surface area (Å²) >= 11 is 0. The normalized spacial score (nSPS) is 12.2. The van der Waals surface area contributed by atoms with Gasteiger partial charge in [-0.05, 0) is 42.3 Å². The smallest absolute Gasteiger partial charge is 0.416 e. The second-order valence-electron chi connectivity index (χ2n) is 5.99. The number of nitrogens with one attached hydrogen (secondary N) is 1. The van der Waals surface area contributed by atoms with Crippen molar-refractivity contribution in [2.24, 2.45) is 0 Å². The van der Waals surface area contributed by atoms with E-state index >= 15 is 0 Å². The van der Waals surface area contributed by atoms with Crippen LogP contribution in [-0.4, -0.2) is 19.3 Å². The number of hydrogen-bond donors (Lipinski definition) is 1. The fourth-order valence-electron chi connectivity index (χ4n) is 2.40. The van der Waals surface area contributed by atoms with Gasteiger partial charge in [0.05, 0.1) is 18.6 Å². The lowest BCUT2D eigenvalue weighted by Gasteiger charge is -2.11. The summed E-state index contributed by atoms with van der Waals surface area (Å²) < 4.78 is 79.5. The maximum atomic E-state index is 12.7. The minimum Gasteiger partial charge on any atom is -0.493 e. The lowest BCUT2D eigenvalue weighted by molar-refractivity contribution is -0.139. The van der Waals surface area contributed by atoms with E-state index in [9.17, 15) is 26.3 Å². The molecule has 8 heteroatoms. The van der Waals surface area contributed by atoms with E-state index in [0.717, 1.165) is 17.7 Å². The molecule has 0 aliphatic heterocycles. The SMILES string of the molecule is FC(F)(F)CCOc1cccc(CNCCc2cccc(C(F)(F)F)c2)c1. The molecule has 0 radical (unpaired) electrons. The van der Waals surface area contributed by atoms with Crippen LogP contribution >= 0.6 is 0 Å². The minimum absolute atomic E-state index is 0.344. The topological polar surface area (TPSA) is 21.3 Å². The van der Waals surface area contributed by atoms with E-state index in [0.29, 0.717) is 30.8 Å². The van der Waals surface area contributed by atoms with Gasteiger partial charge in [0.15, 0.2) is 0 Å². The first-order chi connectivity index (χ1) is 12.6. The minimum atomic E-state index is -4.37. The van der Waals surface area contributed by atoms with E-state index in [1.165, 1.54) is 6.07 Å². The van der Waals surface area contributed by atoms with Gasteiger partial charge in [-0.3, -0.25) is 0 Å². The molecule has 2 aromatic rings. The van der Waals surface area contributed by atoms with Gasteiger partial charge < -0.3 is 10.1 Å². The zero-order valence-electron chi connectivity index (χ0n) is 14.3. The van der Waals surface area contributed by atoms with Crippen LogP contribution in [0.4, 0.5) is 26.3 Å². The standard InChI is InChI=1S/C19H19F6NO/c20-18(21,22)8-10-27-17-6-2-4-15(12-17)13-26-9-7-14-3-1-5-16(11-14)19(23,24)25/h1-6,11-12,26H,7-10,13H2. The Morgan fingerprint density at radius 1 is 0.852 bits per heavy atom. The number of alkyl halides is 6. The van der Waals surface area contributed by atoms with Crippen molar-refractivity contribution in [1.82, 2.24) is 5.32 Å². The zero-order valence-corrected chi connectivity index (χ0v) is 14.3. The molecular formula is C19H19F6NO. The highest BCUT2D eigenvalue weighted by Crippen LogP contribution is 2.29. The predicted octanol–water partition coefficient (Wildman–Crippen LogP) is 5.37. The largest absolute Gasteiger partial charge is 0.493 e. The quantitative estimate of drug-likeness (QED) is 0.483. The Balaban J connectivity index is 1.78. The Morgan fingerprint density at radius 2 is 1.56 bits per heavy atom. The van der Waals surface area contributed by atoms with Gasteiger partial charge in [0.25, 0.3) is 0 Å². The van der Waals surface area contributed by atoms with Crippen LogP contribution in [0, 0.1) is 0 Å². The Kier molecular flexibility index (Phi) is 7.12. The Morgan fingerprint density at radius 3 is 2.26 bits per heavy atom. The Bertz CT molecular complexity index is 727. The average molecular weight is 391 g/mol. The molecule has 0 atom stereocenters. The van der Waals surface area contributed by atoms with E-state index in [1.807, 2.05) is 0 Å². The van der Waals surface area contributed by atoms with Crippen LogP contribution in [0.2, 0.25) is 0 Å². The van der Waals surface area contributed by atoms with Gasteiger partial charge in [0.1, 0.15) is 5.75 Å². The highest BCUT2D eigenvalue weighted by molar-refractivity contribution is 5.28. The predicted molar refractivity (Wildman–Crippen MR) is 89.5 cm³/mol. The average Bonchev–Trinajstić information content (AvgIpc) is 2.58. The maximum absolute atomic E-state index is 12.7. The van der Waals surface area contributed by atoms with Gasteiger partial charge >= 0.3 is 12.4 Å². The molecule has 1 N–H and O–H groups in total. The molecule has 0 spiro atoms. The first-order valence-electron chi connectivity index (χ1n) is 8.29. The number of hydrogen-bond acceptors (Lipinski definition) is 2. The molecule has 0 aliphatic rings. The maximum Gasteiger partial charge on any atom is 0.416 e. The molecular weight excluding hydrogens is 372 g/mol. The molecule has 0 heterocycles. The molecule has 27 heavy (non-hydrogen) atoms. The highest BCUT2D eigenvalue weighted by atomic mass is 19.4. The number of ether oxygens (including phenoxy) is 1. The van der Waals surface area contributed by atoms with Crippen molar-refractivity contribution in [2.75, 3.05) is 13.2 Å². The summed E-state index contributed by atoms with van der Waals surface area (Å²) in [7, 11) is 0. The van der Waals surface area contributed by atoms with Crippen LogP contribution < -0.4 is 10.1 Å². The van der Waals surface area contributed by atoms with Crippen molar-refractivity contribution in [1.29, 1.82) is 0 Å². The summed E-state index contributed by atoms with van der Waals surface area (Å²) in [4.78, 5) is 0. The third kappa shape index (κ3) is 7.90. The summed E-state index contributed by atoms with van der Waals surface area (Å²) in [6, 6.07) is 11.8. The summed E-state index contributed by atoms with van der Waals surface area (Å²) in [6.07, 6.45) is -9.23. The zero-order chi connectivity index (χ0) is 19.9. The molecule has 0 bridgehead atoms. The van der Waals surface area contributed by atoms with Crippen LogP contribution in [0.1, 0.15) is 23.1 Å². The molecule has 0 saturated carbocycles. The molecule has 0 aliphatic carbocycles. The van der Waals surface area contributed by atoms with Gasteiger partial charge in [-0.25, -0.2) is 0 Å². The van der Waals surface area contributed by atoms with E-state index in [2.05, 4.69) is 5.32 Å². The van der Waals surface area contributed by atoms with Crippen molar-refractivity contribution in [3.8, 4) is 5.75 Å². The van der Waals surface area contributed by atoms with Crippen molar-refractivity contribution in [3.05, 3.63) is 65.2 Å². The van der Waals surface area contributed by atoms with Gasteiger partial charge in [-0.15, -0.1) is 0 Å². The molecule has 0 unspecified atom stereocenters. The fourth-order valence-corrected chi connectivity index (χ4v) is 2.40. The van der Waals surface area contributed by atoms with Gasteiger partial charge in [0, 0.05) is 6.54 Å². The lowest BCUT2D eigenvalue weighted by atomic mass is 10.1. The summed E-state index contributed by atoms with van der Waals surface area (Å²) in [5.41, 5.74) is 0.703. The molecule has 0 saturated heterocycles. The first-order valence-corrected chi connectivity index (χ1v) is 8.29. The second-order valence-corrected chi connectivity index (χ2v) is 5.99. The fraction of sp³-hybridized carbons (Fsp3) is 0.368. The molecule has 2 rings (SSSR count). The monoisotopic (exact) mass is 391 g/mol. The lowest BCUT2D eigenvalue weighted by Crippen LogP contribution is -2.17. The Hall–Kier alpha value is -2.22. The second kappa shape index (κ2) is 9.12. The summed E-state index contributed by atoms with van der Waals surface area (Å²) in [5.74, 6) is 0.344.